The number of alkyl halides is 1. The van der Waals surface area contributed by atoms with E-state index in [4.69, 9.17) is 9.47 Å². The fourth-order valence-electron chi connectivity index (χ4n) is 1.07. The first-order valence-corrected chi connectivity index (χ1v) is 3.69. The minimum atomic E-state index is -0.780. The van der Waals surface area contributed by atoms with Crippen LogP contribution in [0.25, 0.3) is 0 Å². The van der Waals surface area contributed by atoms with Gasteiger partial charge in [-0.15, -0.1) is 0 Å². The molecular formula is C9H10F2O2. The maximum Gasteiger partial charge on any atom is 0.169 e. The van der Waals surface area contributed by atoms with Gasteiger partial charge < -0.3 is 9.47 Å². The highest BCUT2D eigenvalue weighted by molar-refractivity contribution is 5.41. The van der Waals surface area contributed by atoms with Crippen molar-refractivity contribution in [2.45, 2.75) is 6.67 Å². The predicted octanol–water partition coefficient (Wildman–Crippen LogP) is 2.31. The van der Waals surface area contributed by atoms with Crippen LogP contribution in [0.3, 0.4) is 0 Å². The molecule has 72 valence electrons. The molecule has 0 N–H and O–H groups in total. The van der Waals surface area contributed by atoms with E-state index in [1.807, 2.05) is 0 Å². The molecule has 0 aliphatic carbocycles. The Hall–Kier alpha value is -1.32. The van der Waals surface area contributed by atoms with E-state index in [1.165, 1.54) is 20.3 Å². The van der Waals surface area contributed by atoms with Gasteiger partial charge in [0.1, 0.15) is 12.4 Å². The van der Waals surface area contributed by atoms with Crippen LogP contribution < -0.4 is 9.47 Å². The Morgan fingerprint density at radius 2 is 1.92 bits per heavy atom. The molecule has 4 heteroatoms. The highest BCUT2D eigenvalue weighted by Gasteiger charge is 2.11. The zero-order valence-corrected chi connectivity index (χ0v) is 7.43. The fourth-order valence-corrected chi connectivity index (χ4v) is 1.07. The van der Waals surface area contributed by atoms with Crippen molar-refractivity contribution in [1.29, 1.82) is 0 Å². The first-order valence-electron chi connectivity index (χ1n) is 3.69. The third-order valence-electron chi connectivity index (χ3n) is 1.68. The zero-order chi connectivity index (χ0) is 9.84. The third-order valence-corrected chi connectivity index (χ3v) is 1.68. The van der Waals surface area contributed by atoms with Crippen molar-refractivity contribution in [3.8, 4) is 11.5 Å². The highest BCUT2D eigenvalue weighted by Crippen LogP contribution is 2.28. The molecule has 0 saturated heterocycles. The van der Waals surface area contributed by atoms with E-state index >= 15 is 0 Å². The van der Waals surface area contributed by atoms with Gasteiger partial charge in [-0.1, -0.05) is 0 Å². The lowest BCUT2D eigenvalue weighted by atomic mass is 10.2. The lowest BCUT2D eigenvalue weighted by molar-refractivity contribution is 0.360. The van der Waals surface area contributed by atoms with E-state index in [1.54, 1.807) is 0 Å². The first-order chi connectivity index (χ1) is 6.22. The van der Waals surface area contributed by atoms with Gasteiger partial charge >= 0.3 is 0 Å². The van der Waals surface area contributed by atoms with E-state index in [0.717, 1.165) is 6.07 Å². The summed E-state index contributed by atoms with van der Waals surface area (Å²) in [5, 5.41) is 0. The largest absolute Gasteiger partial charge is 0.497 e. The summed E-state index contributed by atoms with van der Waals surface area (Å²) in [5.74, 6) is -0.399. The quantitative estimate of drug-likeness (QED) is 0.724. The van der Waals surface area contributed by atoms with Crippen LogP contribution in [0.1, 0.15) is 5.56 Å². The van der Waals surface area contributed by atoms with Gasteiger partial charge in [0, 0.05) is 11.6 Å². The maximum atomic E-state index is 13.1. The molecule has 0 aromatic heterocycles. The summed E-state index contributed by atoms with van der Waals surface area (Å²) in [7, 11) is 2.69. The van der Waals surface area contributed by atoms with Crippen molar-refractivity contribution >= 4 is 0 Å². The van der Waals surface area contributed by atoms with Crippen LogP contribution in [-0.2, 0) is 6.67 Å². The van der Waals surface area contributed by atoms with Crippen LogP contribution in [0.15, 0.2) is 12.1 Å². The van der Waals surface area contributed by atoms with Crippen molar-refractivity contribution in [3.05, 3.63) is 23.5 Å². The van der Waals surface area contributed by atoms with Gasteiger partial charge in [-0.25, -0.2) is 8.78 Å². The molecule has 0 spiro atoms. The Labute approximate surface area is 75.1 Å². The van der Waals surface area contributed by atoms with Crippen LogP contribution in [-0.4, -0.2) is 14.2 Å². The molecule has 0 amide bonds. The van der Waals surface area contributed by atoms with Gasteiger partial charge in [-0.3, -0.25) is 0 Å². The molecule has 0 fully saturated rings. The molecule has 1 aromatic carbocycles. The molecule has 1 rings (SSSR count). The Kier molecular flexibility index (Phi) is 3.06. The van der Waals surface area contributed by atoms with Crippen molar-refractivity contribution < 1.29 is 18.3 Å². The maximum absolute atomic E-state index is 13.1. The molecule has 0 saturated carbocycles. The summed E-state index contributed by atoms with van der Waals surface area (Å²) in [5.41, 5.74) is 0.152. The molecular weight excluding hydrogens is 178 g/mol. The molecule has 0 heterocycles. The normalized spacial score (nSPS) is 9.85. The summed E-state index contributed by atoms with van der Waals surface area (Å²) in [4.78, 5) is 0. The number of rotatable bonds is 3. The number of ether oxygens (including phenoxy) is 2. The van der Waals surface area contributed by atoms with Gasteiger partial charge in [0.15, 0.2) is 11.6 Å². The van der Waals surface area contributed by atoms with Crippen molar-refractivity contribution in [1.82, 2.24) is 0 Å². The zero-order valence-electron chi connectivity index (χ0n) is 7.43. The Balaban J connectivity index is 3.20. The highest BCUT2D eigenvalue weighted by atomic mass is 19.1. The monoisotopic (exact) mass is 188 g/mol. The second-order valence-corrected chi connectivity index (χ2v) is 2.44. The van der Waals surface area contributed by atoms with Crippen LogP contribution >= 0.6 is 0 Å². The summed E-state index contributed by atoms with van der Waals surface area (Å²) in [6.07, 6.45) is 0. The SMILES string of the molecule is COc1cc(F)c(OC)c(CF)c1. The van der Waals surface area contributed by atoms with Crippen LogP contribution in [0.4, 0.5) is 8.78 Å². The Morgan fingerprint density at radius 1 is 1.23 bits per heavy atom. The number of methoxy groups -OCH3 is 2. The fraction of sp³-hybridized carbons (Fsp3) is 0.333. The summed E-state index contributed by atoms with van der Waals surface area (Å²) < 4.78 is 35.0. The van der Waals surface area contributed by atoms with E-state index in [0.29, 0.717) is 0 Å². The third kappa shape index (κ3) is 1.88. The molecule has 0 atom stereocenters. The predicted molar refractivity (Wildman–Crippen MR) is 44.3 cm³/mol. The number of halogens is 2. The molecule has 0 aliphatic rings. The van der Waals surface area contributed by atoms with Crippen LogP contribution in [0.2, 0.25) is 0 Å². The lowest BCUT2D eigenvalue weighted by Gasteiger charge is -2.08. The van der Waals surface area contributed by atoms with Crippen LogP contribution in [0.5, 0.6) is 11.5 Å². The minimum Gasteiger partial charge on any atom is -0.497 e. The number of hydrogen-bond acceptors (Lipinski definition) is 2. The molecule has 13 heavy (non-hydrogen) atoms. The van der Waals surface area contributed by atoms with E-state index in [9.17, 15) is 8.78 Å². The smallest absolute Gasteiger partial charge is 0.169 e. The van der Waals surface area contributed by atoms with Crippen molar-refractivity contribution in [3.63, 3.8) is 0 Å². The molecule has 0 unspecified atom stereocenters. The second kappa shape index (κ2) is 4.07. The average Bonchev–Trinajstić information content (AvgIpc) is 2.16. The summed E-state index contributed by atoms with van der Waals surface area (Å²) >= 11 is 0. The Morgan fingerprint density at radius 3 is 2.38 bits per heavy atom. The van der Waals surface area contributed by atoms with Gasteiger partial charge in [0.05, 0.1) is 14.2 Å². The van der Waals surface area contributed by atoms with Crippen LogP contribution in [0, 0.1) is 5.82 Å². The summed E-state index contributed by atoms with van der Waals surface area (Å²) in [6, 6.07) is 2.56. The first kappa shape index (κ1) is 9.77. The molecule has 0 bridgehead atoms. The topological polar surface area (TPSA) is 18.5 Å². The molecule has 2 nitrogen and oxygen atoms in total. The van der Waals surface area contributed by atoms with E-state index in [2.05, 4.69) is 0 Å². The van der Waals surface area contributed by atoms with E-state index < -0.39 is 12.5 Å². The van der Waals surface area contributed by atoms with Gasteiger partial charge in [0.2, 0.25) is 0 Å². The number of hydrogen-bond donors (Lipinski definition) is 0. The van der Waals surface area contributed by atoms with E-state index in [-0.39, 0.29) is 17.1 Å². The van der Waals surface area contributed by atoms with Gasteiger partial charge in [0.25, 0.3) is 0 Å². The van der Waals surface area contributed by atoms with Gasteiger partial charge in [-0.2, -0.15) is 0 Å². The molecule has 1 aromatic rings. The minimum absolute atomic E-state index is 0.0664. The molecule has 0 aliphatic heterocycles. The summed E-state index contributed by atoms with van der Waals surface area (Å²) in [6.45, 7) is -0.780. The average molecular weight is 188 g/mol. The lowest BCUT2D eigenvalue weighted by Crippen LogP contribution is -1.95. The number of benzene rings is 1. The van der Waals surface area contributed by atoms with Gasteiger partial charge in [-0.05, 0) is 6.07 Å². The Bertz CT molecular complexity index is 300. The van der Waals surface area contributed by atoms with Crippen molar-refractivity contribution in [2.24, 2.45) is 0 Å². The van der Waals surface area contributed by atoms with Crippen molar-refractivity contribution in [2.75, 3.05) is 14.2 Å². The standard InChI is InChI=1S/C9H10F2O2/c1-12-7-3-6(5-10)9(13-2)8(11)4-7/h3-4H,5H2,1-2H3. The second-order valence-electron chi connectivity index (χ2n) is 2.44. The molecule has 0 radical (unpaired) electrons.